The van der Waals surface area contributed by atoms with Crippen molar-refractivity contribution < 1.29 is 13.5 Å². The number of nitrogens with one attached hydrogen (secondary N) is 1. The van der Waals surface area contributed by atoms with E-state index in [9.17, 15) is 13.5 Å². The molecule has 6 nitrogen and oxygen atoms in total. The lowest BCUT2D eigenvalue weighted by Gasteiger charge is -2.08. The molecule has 0 aliphatic heterocycles. The van der Waals surface area contributed by atoms with Crippen molar-refractivity contribution in [3.63, 3.8) is 0 Å². The molecular weight excluding hydrogens is 254 g/mol. The molecule has 0 spiro atoms. The first-order valence-corrected chi connectivity index (χ1v) is 6.68. The number of benzene rings is 1. The van der Waals surface area contributed by atoms with E-state index in [1.165, 1.54) is 29.2 Å². The molecule has 1 aromatic carbocycles. The highest BCUT2D eigenvalue weighted by atomic mass is 32.2. The number of phenols is 1. The number of aromatic hydroxyl groups is 1. The number of anilines is 1. The molecule has 0 atom stereocenters. The first kappa shape index (κ1) is 12.4. The number of aryl methyl sites for hydroxylation is 2. The number of rotatable bonds is 3. The van der Waals surface area contributed by atoms with Crippen molar-refractivity contribution in [1.82, 2.24) is 9.78 Å². The molecule has 0 radical (unpaired) electrons. The van der Waals surface area contributed by atoms with Gasteiger partial charge in [-0.3, -0.25) is 9.40 Å². The van der Waals surface area contributed by atoms with Gasteiger partial charge in [0.05, 0.1) is 11.9 Å². The van der Waals surface area contributed by atoms with Crippen molar-refractivity contribution in [2.24, 2.45) is 7.05 Å². The van der Waals surface area contributed by atoms with E-state index in [-0.39, 0.29) is 16.3 Å². The molecule has 7 heteroatoms. The molecule has 0 aliphatic carbocycles. The van der Waals surface area contributed by atoms with E-state index in [1.54, 1.807) is 20.0 Å². The summed E-state index contributed by atoms with van der Waals surface area (Å²) in [5.74, 6) is -0.109. The molecule has 1 aromatic heterocycles. The first-order chi connectivity index (χ1) is 8.38. The second-order valence-electron chi connectivity index (χ2n) is 3.98. The van der Waals surface area contributed by atoms with Crippen LogP contribution in [0.25, 0.3) is 0 Å². The van der Waals surface area contributed by atoms with E-state index in [2.05, 4.69) is 9.82 Å². The highest BCUT2D eigenvalue weighted by molar-refractivity contribution is 7.92. The van der Waals surface area contributed by atoms with Crippen LogP contribution in [-0.4, -0.2) is 23.3 Å². The topological polar surface area (TPSA) is 84.2 Å². The van der Waals surface area contributed by atoms with Gasteiger partial charge in [-0.15, -0.1) is 0 Å². The molecule has 0 saturated heterocycles. The number of nitrogens with zero attached hydrogens (tertiary/aromatic N) is 2. The Morgan fingerprint density at radius 2 is 2.11 bits per heavy atom. The highest BCUT2D eigenvalue weighted by Crippen LogP contribution is 2.26. The minimum Gasteiger partial charge on any atom is -0.506 e. The number of aromatic nitrogens is 2. The fourth-order valence-electron chi connectivity index (χ4n) is 1.47. The average Bonchev–Trinajstić information content (AvgIpc) is 2.70. The summed E-state index contributed by atoms with van der Waals surface area (Å²) in [6, 6.07) is 4.71. The fourth-order valence-corrected chi connectivity index (χ4v) is 2.53. The van der Waals surface area contributed by atoms with Gasteiger partial charge < -0.3 is 5.11 Å². The molecule has 0 bridgehead atoms. The summed E-state index contributed by atoms with van der Waals surface area (Å²) in [7, 11) is -2.09. The number of hydrogen-bond donors (Lipinski definition) is 2. The third kappa shape index (κ3) is 2.45. The van der Waals surface area contributed by atoms with Gasteiger partial charge >= 0.3 is 0 Å². The van der Waals surface area contributed by atoms with Crippen molar-refractivity contribution in [2.45, 2.75) is 11.8 Å². The third-order valence-corrected chi connectivity index (χ3v) is 3.71. The predicted octanol–water partition coefficient (Wildman–Crippen LogP) is 1.23. The maximum atomic E-state index is 12.0. The molecule has 18 heavy (non-hydrogen) atoms. The van der Waals surface area contributed by atoms with Gasteiger partial charge in [-0.25, -0.2) is 8.42 Å². The Balaban J connectivity index is 2.33. The smallest absolute Gasteiger partial charge is 0.265 e. The lowest BCUT2D eigenvalue weighted by molar-refractivity contribution is 0.477. The molecule has 0 amide bonds. The molecular formula is C11H13N3O3S. The maximum absolute atomic E-state index is 12.0. The summed E-state index contributed by atoms with van der Waals surface area (Å²) >= 11 is 0. The van der Waals surface area contributed by atoms with Gasteiger partial charge in [0.1, 0.15) is 10.6 Å². The summed E-state index contributed by atoms with van der Waals surface area (Å²) in [5, 5.41) is 13.5. The van der Waals surface area contributed by atoms with Crippen LogP contribution in [0.1, 0.15) is 5.56 Å². The predicted molar refractivity (Wildman–Crippen MR) is 66.9 cm³/mol. The average molecular weight is 267 g/mol. The lowest BCUT2D eigenvalue weighted by atomic mass is 10.2. The van der Waals surface area contributed by atoms with Crippen molar-refractivity contribution in [2.75, 3.05) is 4.72 Å². The molecule has 0 saturated carbocycles. The van der Waals surface area contributed by atoms with Gasteiger partial charge in [0, 0.05) is 13.2 Å². The molecule has 2 rings (SSSR count). The molecule has 0 fully saturated rings. The number of phenolic OH excluding ortho intramolecular Hbond substituents is 1. The van der Waals surface area contributed by atoms with Gasteiger partial charge in [0.2, 0.25) is 0 Å². The molecule has 2 aromatic rings. The van der Waals surface area contributed by atoms with Crippen LogP contribution in [0.3, 0.4) is 0 Å². The van der Waals surface area contributed by atoms with Crippen LogP contribution < -0.4 is 4.72 Å². The fraction of sp³-hybridized carbons (Fsp3) is 0.182. The van der Waals surface area contributed by atoms with Gasteiger partial charge in [-0.05, 0) is 24.6 Å². The van der Waals surface area contributed by atoms with Gasteiger partial charge in [-0.2, -0.15) is 5.10 Å². The van der Waals surface area contributed by atoms with Crippen LogP contribution in [0.5, 0.6) is 5.75 Å². The number of hydrogen-bond acceptors (Lipinski definition) is 4. The van der Waals surface area contributed by atoms with Crippen molar-refractivity contribution in [3.8, 4) is 5.75 Å². The van der Waals surface area contributed by atoms with Crippen molar-refractivity contribution >= 4 is 15.7 Å². The Labute approximate surface area is 105 Å². The van der Waals surface area contributed by atoms with E-state index in [0.717, 1.165) is 5.56 Å². The quantitative estimate of drug-likeness (QED) is 0.819. The van der Waals surface area contributed by atoms with E-state index in [1.807, 2.05) is 0 Å². The zero-order chi connectivity index (χ0) is 13.3. The molecule has 1 heterocycles. The Morgan fingerprint density at radius 1 is 1.39 bits per heavy atom. The molecule has 0 aliphatic rings. The van der Waals surface area contributed by atoms with Crippen LogP contribution in [0.4, 0.5) is 5.69 Å². The third-order valence-electron chi connectivity index (χ3n) is 2.39. The van der Waals surface area contributed by atoms with E-state index in [4.69, 9.17) is 0 Å². The largest absolute Gasteiger partial charge is 0.506 e. The van der Waals surface area contributed by atoms with Gasteiger partial charge in [0.25, 0.3) is 10.0 Å². The van der Waals surface area contributed by atoms with Crippen LogP contribution in [0.2, 0.25) is 0 Å². The van der Waals surface area contributed by atoms with Crippen LogP contribution in [0, 0.1) is 6.92 Å². The zero-order valence-corrected chi connectivity index (χ0v) is 10.8. The summed E-state index contributed by atoms with van der Waals surface area (Å²) in [6.07, 6.45) is 2.63. The van der Waals surface area contributed by atoms with Crippen LogP contribution in [-0.2, 0) is 17.1 Å². The SMILES string of the molecule is Cc1ccc(NS(=O)(=O)c2cnn(C)c2)c(O)c1. The van der Waals surface area contributed by atoms with Crippen LogP contribution >= 0.6 is 0 Å². The zero-order valence-electron chi connectivity index (χ0n) is 9.95. The molecule has 0 unspecified atom stereocenters. The van der Waals surface area contributed by atoms with E-state index < -0.39 is 10.0 Å². The summed E-state index contributed by atoms with van der Waals surface area (Å²) in [4.78, 5) is 0.0463. The van der Waals surface area contributed by atoms with E-state index >= 15 is 0 Å². The number of sulfonamides is 1. The summed E-state index contributed by atoms with van der Waals surface area (Å²) in [6.45, 7) is 1.80. The maximum Gasteiger partial charge on any atom is 0.265 e. The normalized spacial score (nSPS) is 11.4. The Morgan fingerprint density at radius 3 is 2.67 bits per heavy atom. The summed E-state index contributed by atoms with van der Waals surface area (Å²) < 4.78 is 27.7. The minimum absolute atomic E-state index is 0.0463. The standard InChI is InChI=1S/C11H13N3O3S/c1-8-3-4-10(11(15)5-8)13-18(16,17)9-6-12-14(2)7-9/h3-7,13,15H,1-2H3. The first-order valence-electron chi connectivity index (χ1n) is 5.19. The molecule has 2 N–H and O–H groups in total. The monoisotopic (exact) mass is 267 g/mol. The van der Waals surface area contributed by atoms with Gasteiger partial charge in [-0.1, -0.05) is 6.07 Å². The highest BCUT2D eigenvalue weighted by Gasteiger charge is 2.17. The Bertz CT molecular complexity index is 677. The summed E-state index contributed by atoms with van der Waals surface area (Å²) in [5.41, 5.74) is 0.987. The van der Waals surface area contributed by atoms with Crippen molar-refractivity contribution in [3.05, 3.63) is 36.2 Å². The molecule has 96 valence electrons. The lowest BCUT2D eigenvalue weighted by Crippen LogP contribution is -2.12. The second kappa shape index (κ2) is 4.34. The Kier molecular flexibility index (Phi) is 3.00. The van der Waals surface area contributed by atoms with E-state index in [0.29, 0.717) is 0 Å². The second-order valence-corrected chi connectivity index (χ2v) is 5.66. The van der Waals surface area contributed by atoms with Crippen LogP contribution in [0.15, 0.2) is 35.5 Å². The minimum atomic E-state index is -3.72. The Hall–Kier alpha value is -2.02. The van der Waals surface area contributed by atoms with Gasteiger partial charge in [0.15, 0.2) is 0 Å². The van der Waals surface area contributed by atoms with Crippen molar-refractivity contribution in [1.29, 1.82) is 0 Å².